The molecule has 1 atom stereocenters. The Hall–Kier alpha value is -1.99. The van der Waals surface area contributed by atoms with E-state index in [0.717, 1.165) is 64.0 Å². The topological polar surface area (TPSA) is 91.6 Å². The number of aromatic nitrogens is 1. The van der Waals surface area contributed by atoms with Crippen LogP contribution in [0, 0.1) is 5.92 Å². The summed E-state index contributed by atoms with van der Waals surface area (Å²) >= 11 is 0. The van der Waals surface area contributed by atoms with Crippen LogP contribution in [0.1, 0.15) is 37.7 Å². The number of carbonyl (C=O) groups excluding carboxylic acids is 2. The summed E-state index contributed by atoms with van der Waals surface area (Å²) in [6.45, 7) is 5.25. The highest BCUT2D eigenvalue weighted by Gasteiger charge is 2.31. The second-order valence-corrected chi connectivity index (χ2v) is 7.70. The third-order valence-corrected chi connectivity index (χ3v) is 5.76. The summed E-state index contributed by atoms with van der Waals surface area (Å²) in [6, 6.07) is 4.41. The molecule has 0 saturated carbocycles. The number of nitrogens with zero attached hydrogens (tertiary/aromatic N) is 3. The van der Waals surface area contributed by atoms with Crippen molar-refractivity contribution in [3.63, 3.8) is 0 Å². The largest absolute Gasteiger partial charge is 0.370 e. The molecule has 148 valence electrons. The molecule has 0 spiro atoms. The third-order valence-electron chi connectivity index (χ3n) is 5.76. The minimum absolute atomic E-state index is 0.0725. The van der Waals surface area contributed by atoms with Crippen molar-refractivity contribution < 1.29 is 9.59 Å². The SMILES string of the molecule is NC(=O)CCN1CCC(N2CCC[C@H](C(=O)NCc3cccnc3)C2)CC1. The molecule has 2 fully saturated rings. The molecule has 7 nitrogen and oxygen atoms in total. The monoisotopic (exact) mass is 373 g/mol. The van der Waals surface area contributed by atoms with E-state index in [1.165, 1.54) is 0 Å². The molecule has 27 heavy (non-hydrogen) atoms. The van der Waals surface area contributed by atoms with E-state index >= 15 is 0 Å². The van der Waals surface area contributed by atoms with Gasteiger partial charge in [0.05, 0.1) is 5.92 Å². The normalized spacial score (nSPS) is 22.4. The molecule has 0 aromatic carbocycles. The average molecular weight is 374 g/mol. The van der Waals surface area contributed by atoms with Gasteiger partial charge in [0.2, 0.25) is 11.8 Å². The van der Waals surface area contributed by atoms with E-state index in [1.807, 2.05) is 12.1 Å². The van der Waals surface area contributed by atoms with E-state index in [0.29, 0.717) is 19.0 Å². The zero-order valence-corrected chi connectivity index (χ0v) is 16.0. The van der Waals surface area contributed by atoms with E-state index in [9.17, 15) is 9.59 Å². The van der Waals surface area contributed by atoms with Gasteiger partial charge in [0, 0.05) is 44.5 Å². The van der Waals surface area contributed by atoms with Crippen molar-refractivity contribution in [2.24, 2.45) is 11.7 Å². The predicted molar refractivity (Wildman–Crippen MR) is 104 cm³/mol. The number of hydrogen-bond donors (Lipinski definition) is 2. The van der Waals surface area contributed by atoms with Gasteiger partial charge in [0.15, 0.2) is 0 Å². The summed E-state index contributed by atoms with van der Waals surface area (Å²) < 4.78 is 0. The maximum absolute atomic E-state index is 12.6. The van der Waals surface area contributed by atoms with E-state index in [-0.39, 0.29) is 17.7 Å². The first-order valence-electron chi connectivity index (χ1n) is 10.0. The molecule has 0 aliphatic carbocycles. The van der Waals surface area contributed by atoms with Crippen LogP contribution in [0.25, 0.3) is 0 Å². The number of hydrogen-bond acceptors (Lipinski definition) is 5. The molecule has 0 radical (unpaired) electrons. The Morgan fingerprint density at radius 1 is 1.22 bits per heavy atom. The Morgan fingerprint density at radius 3 is 2.74 bits per heavy atom. The predicted octanol–water partition coefficient (Wildman–Crippen LogP) is 0.750. The highest BCUT2D eigenvalue weighted by Crippen LogP contribution is 2.24. The maximum Gasteiger partial charge on any atom is 0.224 e. The van der Waals surface area contributed by atoms with Crippen LogP contribution < -0.4 is 11.1 Å². The number of nitrogens with one attached hydrogen (secondary N) is 1. The second-order valence-electron chi connectivity index (χ2n) is 7.70. The zero-order chi connectivity index (χ0) is 19.1. The van der Waals surface area contributed by atoms with Crippen LogP contribution >= 0.6 is 0 Å². The van der Waals surface area contributed by atoms with Crippen molar-refractivity contribution in [1.82, 2.24) is 20.1 Å². The fraction of sp³-hybridized carbons (Fsp3) is 0.650. The van der Waals surface area contributed by atoms with Crippen LogP contribution in [-0.4, -0.2) is 65.4 Å². The summed E-state index contributed by atoms with van der Waals surface area (Å²) in [5.74, 6) is -0.000878. The lowest BCUT2D eigenvalue weighted by Crippen LogP contribution is -2.51. The van der Waals surface area contributed by atoms with Crippen LogP contribution in [0.5, 0.6) is 0 Å². The van der Waals surface area contributed by atoms with Gasteiger partial charge in [-0.2, -0.15) is 0 Å². The fourth-order valence-electron chi connectivity index (χ4n) is 4.16. The highest BCUT2D eigenvalue weighted by atomic mass is 16.2. The van der Waals surface area contributed by atoms with E-state index < -0.39 is 0 Å². The van der Waals surface area contributed by atoms with Gasteiger partial charge in [-0.1, -0.05) is 6.07 Å². The van der Waals surface area contributed by atoms with Gasteiger partial charge in [0.25, 0.3) is 0 Å². The number of rotatable bonds is 7. The first-order valence-corrected chi connectivity index (χ1v) is 10.0. The van der Waals surface area contributed by atoms with Crippen molar-refractivity contribution in [2.75, 3.05) is 32.7 Å². The van der Waals surface area contributed by atoms with Gasteiger partial charge >= 0.3 is 0 Å². The van der Waals surface area contributed by atoms with E-state index in [2.05, 4.69) is 20.1 Å². The quantitative estimate of drug-likeness (QED) is 0.736. The second kappa shape index (κ2) is 9.80. The molecule has 2 saturated heterocycles. The summed E-state index contributed by atoms with van der Waals surface area (Å²) in [7, 11) is 0. The Kier molecular flexibility index (Phi) is 7.18. The van der Waals surface area contributed by atoms with Crippen LogP contribution in [-0.2, 0) is 16.1 Å². The van der Waals surface area contributed by atoms with Crippen molar-refractivity contribution in [1.29, 1.82) is 0 Å². The van der Waals surface area contributed by atoms with E-state index in [4.69, 9.17) is 5.73 Å². The Balaban J connectivity index is 1.42. The van der Waals surface area contributed by atoms with Gasteiger partial charge < -0.3 is 16.0 Å². The highest BCUT2D eigenvalue weighted by molar-refractivity contribution is 5.79. The molecule has 3 rings (SSSR count). The lowest BCUT2D eigenvalue weighted by molar-refractivity contribution is -0.127. The Morgan fingerprint density at radius 2 is 2.04 bits per heavy atom. The zero-order valence-electron chi connectivity index (χ0n) is 16.0. The first kappa shape index (κ1) is 19.8. The molecule has 3 N–H and O–H groups in total. The smallest absolute Gasteiger partial charge is 0.224 e. The van der Waals surface area contributed by atoms with Crippen molar-refractivity contribution >= 4 is 11.8 Å². The number of carbonyl (C=O) groups is 2. The number of pyridine rings is 1. The van der Waals surface area contributed by atoms with Crippen LogP contribution in [0.2, 0.25) is 0 Å². The van der Waals surface area contributed by atoms with Gasteiger partial charge in [-0.3, -0.25) is 19.5 Å². The Labute approximate surface area is 161 Å². The van der Waals surface area contributed by atoms with Crippen LogP contribution in [0.15, 0.2) is 24.5 Å². The third kappa shape index (κ3) is 6.01. The molecule has 7 heteroatoms. The molecular formula is C20H31N5O2. The van der Waals surface area contributed by atoms with Crippen LogP contribution in [0.4, 0.5) is 0 Å². The number of primary amides is 1. The number of amides is 2. The molecule has 2 amide bonds. The number of piperidine rings is 2. The van der Waals surface area contributed by atoms with Crippen molar-refractivity contribution in [2.45, 2.75) is 44.7 Å². The minimum Gasteiger partial charge on any atom is -0.370 e. The fourth-order valence-corrected chi connectivity index (χ4v) is 4.16. The molecule has 2 aliphatic rings. The summed E-state index contributed by atoms with van der Waals surface area (Å²) in [5, 5.41) is 3.07. The molecule has 3 heterocycles. The van der Waals surface area contributed by atoms with Gasteiger partial charge in [0.1, 0.15) is 0 Å². The van der Waals surface area contributed by atoms with Gasteiger partial charge in [-0.25, -0.2) is 0 Å². The first-order chi connectivity index (χ1) is 13.1. The van der Waals surface area contributed by atoms with Gasteiger partial charge in [-0.05, 0) is 56.9 Å². The lowest BCUT2D eigenvalue weighted by atomic mass is 9.93. The minimum atomic E-state index is -0.228. The average Bonchev–Trinajstić information content (AvgIpc) is 2.71. The summed E-state index contributed by atoms with van der Waals surface area (Å²) in [4.78, 5) is 32.4. The Bertz CT molecular complexity index is 616. The molecular weight excluding hydrogens is 342 g/mol. The van der Waals surface area contributed by atoms with E-state index in [1.54, 1.807) is 12.4 Å². The van der Waals surface area contributed by atoms with Crippen LogP contribution in [0.3, 0.4) is 0 Å². The summed E-state index contributed by atoms with van der Waals surface area (Å²) in [5.41, 5.74) is 6.27. The number of likely N-dealkylation sites (tertiary alicyclic amines) is 2. The standard InChI is InChI=1S/C20H31N5O2/c21-19(26)7-12-24-10-5-18(6-11-24)25-9-2-4-17(15-25)20(27)23-14-16-3-1-8-22-13-16/h1,3,8,13,17-18H,2,4-7,9-12,14-15H2,(H2,21,26)(H,23,27)/t17-/m0/s1. The molecule has 2 aliphatic heterocycles. The van der Waals surface area contributed by atoms with Gasteiger partial charge in [-0.15, -0.1) is 0 Å². The lowest BCUT2D eigenvalue weighted by Gasteiger charge is -2.42. The number of nitrogens with two attached hydrogens (primary N) is 1. The molecule has 0 unspecified atom stereocenters. The maximum atomic E-state index is 12.6. The van der Waals surface area contributed by atoms with Crippen molar-refractivity contribution in [3.05, 3.63) is 30.1 Å². The molecule has 1 aromatic heterocycles. The molecule has 0 bridgehead atoms. The summed E-state index contributed by atoms with van der Waals surface area (Å²) in [6.07, 6.45) is 8.21. The molecule has 1 aromatic rings. The van der Waals surface area contributed by atoms with Crippen molar-refractivity contribution in [3.8, 4) is 0 Å².